The van der Waals surface area contributed by atoms with E-state index in [1.807, 2.05) is 0 Å². The summed E-state index contributed by atoms with van der Waals surface area (Å²) in [4.78, 5) is 6.75. The number of nitrogens with two attached hydrogens (primary N) is 1. The van der Waals surface area contributed by atoms with Gasteiger partial charge >= 0.3 is 0 Å². The van der Waals surface area contributed by atoms with Crippen molar-refractivity contribution in [3.63, 3.8) is 0 Å². The molecule has 1 aliphatic carbocycles. The van der Waals surface area contributed by atoms with Crippen molar-refractivity contribution in [1.82, 2.24) is 10.2 Å². The van der Waals surface area contributed by atoms with Gasteiger partial charge in [0.1, 0.15) is 0 Å². The van der Waals surface area contributed by atoms with Crippen molar-refractivity contribution >= 4 is 5.96 Å². The second-order valence-corrected chi connectivity index (χ2v) is 4.21. The maximum absolute atomic E-state index is 5.77. The molecule has 1 saturated carbocycles. The van der Waals surface area contributed by atoms with Gasteiger partial charge in [-0.1, -0.05) is 13.8 Å². The van der Waals surface area contributed by atoms with Gasteiger partial charge in [-0.05, 0) is 32.9 Å². The largest absolute Gasteiger partial charge is 0.370 e. The van der Waals surface area contributed by atoms with Gasteiger partial charge in [0.2, 0.25) is 0 Å². The third-order valence-corrected chi connectivity index (χ3v) is 2.89. The van der Waals surface area contributed by atoms with E-state index in [0.29, 0.717) is 18.0 Å². The molecule has 0 aromatic rings. The lowest BCUT2D eigenvalue weighted by atomic mass is 10.3. The summed E-state index contributed by atoms with van der Waals surface area (Å²) in [7, 11) is 0. The standard InChI is InChI=1S/C11H24N4/c1-4-15(5-2)9(3)8-13-11(12)14-10-6-7-10/h9-10H,4-8H2,1-3H3,(H3,12,13,14)/t9-/m1/s1. The predicted octanol–water partition coefficient (Wildman–Crippen LogP) is 0.783. The van der Waals surface area contributed by atoms with Crippen molar-refractivity contribution in [2.45, 2.75) is 45.7 Å². The molecule has 1 fully saturated rings. The van der Waals surface area contributed by atoms with Crippen LogP contribution in [0.25, 0.3) is 0 Å². The molecule has 4 heteroatoms. The number of rotatable bonds is 6. The Morgan fingerprint density at radius 2 is 2.07 bits per heavy atom. The molecule has 0 radical (unpaired) electrons. The zero-order valence-electron chi connectivity index (χ0n) is 10.2. The number of likely N-dealkylation sites (N-methyl/N-ethyl adjacent to an activating group) is 1. The minimum atomic E-state index is 0.472. The molecule has 15 heavy (non-hydrogen) atoms. The summed E-state index contributed by atoms with van der Waals surface area (Å²) in [6.07, 6.45) is 2.48. The monoisotopic (exact) mass is 212 g/mol. The molecule has 0 bridgehead atoms. The van der Waals surface area contributed by atoms with E-state index in [1.54, 1.807) is 0 Å². The molecule has 0 aromatic carbocycles. The van der Waals surface area contributed by atoms with E-state index in [9.17, 15) is 0 Å². The minimum absolute atomic E-state index is 0.472. The Balaban J connectivity index is 2.26. The van der Waals surface area contributed by atoms with Crippen LogP contribution in [0.4, 0.5) is 0 Å². The molecular formula is C11H24N4. The maximum atomic E-state index is 5.77. The van der Waals surface area contributed by atoms with E-state index in [4.69, 9.17) is 5.73 Å². The van der Waals surface area contributed by atoms with Gasteiger partial charge in [-0.2, -0.15) is 0 Å². The molecule has 0 heterocycles. The Bertz CT molecular complexity index is 207. The average molecular weight is 212 g/mol. The van der Waals surface area contributed by atoms with Crippen LogP contribution in [0.3, 0.4) is 0 Å². The summed E-state index contributed by atoms with van der Waals surface area (Å²) in [5.41, 5.74) is 5.77. The summed E-state index contributed by atoms with van der Waals surface area (Å²) in [5, 5.41) is 3.19. The van der Waals surface area contributed by atoms with E-state index in [2.05, 4.69) is 36.0 Å². The van der Waals surface area contributed by atoms with Crippen molar-refractivity contribution in [1.29, 1.82) is 0 Å². The fourth-order valence-electron chi connectivity index (χ4n) is 1.68. The molecule has 88 valence electrons. The Labute approximate surface area is 92.9 Å². The molecule has 0 spiro atoms. The van der Waals surface area contributed by atoms with E-state index in [-0.39, 0.29) is 0 Å². The SMILES string of the molecule is CCN(CC)[C@H](C)CN=C(N)NC1CC1. The fourth-order valence-corrected chi connectivity index (χ4v) is 1.68. The van der Waals surface area contributed by atoms with E-state index in [0.717, 1.165) is 19.6 Å². The highest BCUT2D eigenvalue weighted by atomic mass is 15.2. The molecule has 0 saturated heterocycles. The van der Waals surface area contributed by atoms with Crippen molar-refractivity contribution < 1.29 is 0 Å². The highest BCUT2D eigenvalue weighted by Gasteiger charge is 2.21. The summed E-state index contributed by atoms with van der Waals surface area (Å²) < 4.78 is 0. The van der Waals surface area contributed by atoms with Crippen molar-refractivity contribution in [3.05, 3.63) is 0 Å². The summed E-state index contributed by atoms with van der Waals surface area (Å²) in [6, 6.07) is 1.07. The Hall–Kier alpha value is -0.770. The Morgan fingerprint density at radius 1 is 1.47 bits per heavy atom. The van der Waals surface area contributed by atoms with Crippen LogP contribution in [0.15, 0.2) is 4.99 Å². The summed E-state index contributed by atoms with van der Waals surface area (Å²) in [5.74, 6) is 0.608. The molecule has 0 aromatic heterocycles. The van der Waals surface area contributed by atoms with Gasteiger partial charge in [0.05, 0.1) is 6.54 Å². The van der Waals surface area contributed by atoms with Crippen LogP contribution >= 0.6 is 0 Å². The van der Waals surface area contributed by atoms with E-state index >= 15 is 0 Å². The minimum Gasteiger partial charge on any atom is -0.370 e. The zero-order chi connectivity index (χ0) is 11.3. The van der Waals surface area contributed by atoms with Crippen LogP contribution in [0.2, 0.25) is 0 Å². The van der Waals surface area contributed by atoms with Crippen LogP contribution in [-0.2, 0) is 0 Å². The molecular weight excluding hydrogens is 188 g/mol. The third kappa shape index (κ3) is 4.51. The van der Waals surface area contributed by atoms with Crippen LogP contribution in [0.5, 0.6) is 0 Å². The number of hydrogen-bond donors (Lipinski definition) is 2. The molecule has 0 unspecified atom stereocenters. The number of hydrogen-bond acceptors (Lipinski definition) is 2. The highest BCUT2D eigenvalue weighted by molar-refractivity contribution is 5.78. The molecule has 4 nitrogen and oxygen atoms in total. The fraction of sp³-hybridized carbons (Fsp3) is 0.909. The summed E-state index contributed by atoms with van der Waals surface area (Å²) >= 11 is 0. The van der Waals surface area contributed by atoms with Crippen LogP contribution in [0.1, 0.15) is 33.6 Å². The number of guanidine groups is 1. The predicted molar refractivity (Wildman–Crippen MR) is 65.0 cm³/mol. The second-order valence-electron chi connectivity index (χ2n) is 4.21. The maximum Gasteiger partial charge on any atom is 0.188 e. The second kappa shape index (κ2) is 5.95. The van der Waals surface area contributed by atoms with E-state index < -0.39 is 0 Å². The van der Waals surface area contributed by atoms with Crippen molar-refractivity contribution in [2.75, 3.05) is 19.6 Å². The lowest BCUT2D eigenvalue weighted by Crippen LogP contribution is -2.38. The molecule has 1 rings (SSSR count). The topological polar surface area (TPSA) is 53.6 Å². The van der Waals surface area contributed by atoms with Gasteiger partial charge in [0, 0.05) is 12.1 Å². The Morgan fingerprint density at radius 3 is 2.53 bits per heavy atom. The van der Waals surface area contributed by atoms with Gasteiger partial charge in [0.25, 0.3) is 0 Å². The molecule has 3 N–H and O–H groups in total. The van der Waals surface area contributed by atoms with Crippen LogP contribution < -0.4 is 11.1 Å². The van der Waals surface area contributed by atoms with Gasteiger partial charge < -0.3 is 11.1 Å². The number of aliphatic imine (C=N–C) groups is 1. The molecule has 0 aliphatic heterocycles. The quantitative estimate of drug-likeness (QED) is 0.505. The Kier molecular flexibility index (Phi) is 4.88. The lowest BCUT2D eigenvalue weighted by molar-refractivity contribution is 0.237. The van der Waals surface area contributed by atoms with Gasteiger partial charge in [0.15, 0.2) is 5.96 Å². The van der Waals surface area contributed by atoms with Crippen LogP contribution in [0, 0.1) is 0 Å². The zero-order valence-corrected chi connectivity index (χ0v) is 10.2. The lowest BCUT2D eigenvalue weighted by Gasteiger charge is -2.24. The number of nitrogens with one attached hydrogen (secondary N) is 1. The smallest absolute Gasteiger partial charge is 0.188 e. The van der Waals surface area contributed by atoms with Gasteiger partial charge in [-0.3, -0.25) is 9.89 Å². The molecule has 1 atom stereocenters. The number of nitrogens with zero attached hydrogens (tertiary/aromatic N) is 2. The first-order valence-corrected chi connectivity index (χ1v) is 5.97. The van der Waals surface area contributed by atoms with Gasteiger partial charge in [-0.25, -0.2) is 0 Å². The van der Waals surface area contributed by atoms with Crippen molar-refractivity contribution in [3.8, 4) is 0 Å². The first kappa shape index (κ1) is 12.3. The first-order valence-electron chi connectivity index (χ1n) is 5.97. The van der Waals surface area contributed by atoms with Crippen molar-refractivity contribution in [2.24, 2.45) is 10.7 Å². The third-order valence-electron chi connectivity index (χ3n) is 2.89. The van der Waals surface area contributed by atoms with Gasteiger partial charge in [-0.15, -0.1) is 0 Å². The average Bonchev–Trinajstić information content (AvgIpc) is 3.00. The van der Waals surface area contributed by atoms with E-state index in [1.165, 1.54) is 12.8 Å². The first-order chi connectivity index (χ1) is 7.17. The normalized spacial score (nSPS) is 19.3. The molecule has 0 amide bonds. The highest BCUT2D eigenvalue weighted by Crippen LogP contribution is 2.17. The van der Waals surface area contributed by atoms with Crippen LogP contribution in [-0.4, -0.2) is 42.6 Å². The summed E-state index contributed by atoms with van der Waals surface area (Å²) in [6.45, 7) is 9.48. The molecule has 1 aliphatic rings.